The number of nitrogens with two attached hydrogens (primary N) is 1. The van der Waals surface area contributed by atoms with Gasteiger partial charge in [0.2, 0.25) is 5.13 Å². The third-order valence-corrected chi connectivity index (χ3v) is 3.77. The summed E-state index contributed by atoms with van der Waals surface area (Å²) >= 11 is 1.43. The van der Waals surface area contributed by atoms with Crippen molar-refractivity contribution in [2.75, 3.05) is 11.9 Å². The lowest BCUT2D eigenvalue weighted by Crippen LogP contribution is -2.20. The van der Waals surface area contributed by atoms with Crippen molar-refractivity contribution in [2.24, 2.45) is 5.73 Å². The van der Waals surface area contributed by atoms with Crippen molar-refractivity contribution in [3.05, 3.63) is 41.7 Å². The predicted molar refractivity (Wildman–Crippen MR) is 73.7 cm³/mol. The SMILES string of the molecule is NC(CNc1nc(C2CC2)ns1)c1ccccc1. The lowest BCUT2D eigenvalue weighted by atomic mass is 10.1. The zero-order valence-electron chi connectivity index (χ0n) is 10.0. The fraction of sp³-hybridized carbons (Fsp3) is 0.385. The number of benzene rings is 1. The van der Waals surface area contributed by atoms with Gasteiger partial charge in [-0.15, -0.1) is 0 Å². The van der Waals surface area contributed by atoms with Gasteiger partial charge in [0.05, 0.1) is 0 Å². The minimum absolute atomic E-state index is 0.0144. The maximum atomic E-state index is 6.12. The van der Waals surface area contributed by atoms with Crippen LogP contribution in [-0.4, -0.2) is 15.9 Å². The van der Waals surface area contributed by atoms with Crippen LogP contribution in [0.15, 0.2) is 30.3 Å². The first-order valence-electron chi connectivity index (χ1n) is 6.21. The van der Waals surface area contributed by atoms with Gasteiger partial charge in [-0.1, -0.05) is 30.3 Å². The molecule has 1 aliphatic carbocycles. The molecule has 1 aromatic carbocycles. The van der Waals surface area contributed by atoms with E-state index in [-0.39, 0.29) is 6.04 Å². The van der Waals surface area contributed by atoms with Crippen molar-refractivity contribution in [3.8, 4) is 0 Å². The number of hydrogen-bond acceptors (Lipinski definition) is 5. The second-order valence-corrected chi connectivity index (χ2v) is 5.38. The van der Waals surface area contributed by atoms with Crippen molar-refractivity contribution in [1.82, 2.24) is 9.36 Å². The third kappa shape index (κ3) is 2.68. The maximum absolute atomic E-state index is 6.12. The van der Waals surface area contributed by atoms with E-state index in [2.05, 4.69) is 14.7 Å². The Kier molecular flexibility index (Phi) is 3.25. The first-order chi connectivity index (χ1) is 8.83. The highest BCUT2D eigenvalue weighted by Gasteiger charge is 2.27. The molecule has 1 aliphatic rings. The summed E-state index contributed by atoms with van der Waals surface area (Å²) in [5.41, 5.74) is 7.25. The zero-order valence-corrected chi connectivity index (χ0v) is 10.9. The quantitative estimate of drug-likeness (QED) is 0.867. The first-order valence-corrected chi connectivity index (χ1v) is 6.98. The Hall–Kier alpha value is -1.46. The van der Waals surface area contributed by atoms with Crippen molar-refractivity contribution < 1.29 is 0 Å². The number of hydrogen-bond donors (Lipinski definition) is 2. The van der Waals surface area contributed by atoms with Gasteiger partial charge in [0.1, 0.15) is 5.82 Å². The number of anilines is 1. The zero-order chi connectivity index (χ0) is 12.4. The van der Waals surface area contributed by atoms with E-state index in [9.17, 15) is 0 Å². The minimum atomic E-state index is -0.0144. The van der Waals surface area contributed by atoms with E-state index in [1.54, 1.807) is 0 Å². The van der Waals surface area contributed by atoms with Crippen LogP contribution in [0.3, 0.4) is 0 Å². The van der Waals surface area contributed by atoms with Crippen LogP contribution in [0.5, 0.6) is 0 Å². The lowest BCUT2D eigenvalue weighted by molar-refractivity contribution is 0.763. The molecule has 1 saturated carbocycles. The molecule has 4 nitrogen and oxygen atoms in total. The Morgan fingerprint density at radius 2 is 2.11 bits per heavy atom. The molecule has 0 amide bonds. The molecule has 1 fully saturated rings. The molecule has 0 spiro atoms. The van der Waals surface area contributed by atoms with Crippen LogP contribution in [0.25, 0.3) is 0 Å². The third-order valence-electron chi connectivity index (χ3n) is 3.09. The normalized spacial score (nSPS) is 16.5. The maximum Gasteiger partial charge on any atom is 0.202 e. The second kappa shape index (κ2) is 5.04. The Morgan fingerprint density at radius 3 is 2.83 bits per heavy atom. The van der Waals surface area contributed by atoms with Gasteiger partial charge in [0.15, 0.2) is 0 Å². The molecule has 0 bridgehead atoms. The Labute approximate surface area is 110 Å². The Bertz CT molecular complexity index is 507. The van der Waals surface area contributed by atoms with Gasteiger partial charge in [-0.2, -0.15) is 4.37 Å². The van der Waals surface area contributed by atoms with Gasteiger partial charge in [0, 0.05) is 30.0 Å². The second-order valence-electron chi connectivity index (χ2n) is 4.63. The van der Waals surface area contributed by atoms with Crippen LogP contribution in [0.2, 0.25) is 0 Å². The molecule has 5 heteroatoms. The van der Waals surface area contributed by atoms with E-state index < -0.39 is 0 Å². The average molecular weight is 260 g/mol. The van der Waals surface area contributed by atoms with E-state index in [4.69, 9.17) is 5.73 Å². The van der Waals surface area contributed by atoms with Crippen molar-refractivity contribution in [3.63, 3.8) is 0 Å². The summed E-state index contributed by atoms with van der Waals surface area (Å²) in [6.07, 6.45) is 2.47. The molecule has 0 aliphatic heterocycles. The van der Waals surface area contributed by atoms with E-state index in [0.717, 1.165) is 16.5 Å². The highest BCUT2D eigenvalue weighted by atomic mass is 32.1. The molecule has 1 aromatic heterocycles. The van der Waals surface area contributed by atoms with Gasteiger partial charge >= 0.3 is 0 Å². The molecule has 3 N–H and O–H groups in total. The molecule has 94 valence electrons. The molecule has 0 radical (unpaired) electrons. The average Bonchev–Trinajstić information content (AvgIpc) is 3.16. The van der Waals surface area contributed by atoms with E-state index in [1.807, 2.05) is 30.3 Å². The highest BCUT2D eigenvalue weighted by molar-refractivity contribution is 7.09. The van der Waals surface area contributed by atoms with Crippen LogP contribution in [0, 0.1) is 0 Å². The smallest absolute Gasteiger partial charge is 0.202 e. The molecular weight excluding hydrogens is 244 g/mol. The molecule has 18 heavy (non-hydrogen) atoms. The number of rotatable bonds is 5. The fourth-order valence-electron chi connectivity index (χ4n) is 1.83. The summed E-state index contributed by atoms with van der Waals surface area (Å²) in [4.78, 5) is 4.48. The van der Waals surface area contributed by atoms with E-state index in [1.165, 1.54) is 24.4 Å². The minimum Gasteiger partial charge on any atom is -0.358 e. The molecule has 1 atom stereocenters. The van der Waals surface area contributed by atoms with E-state index >= 15 is 0 Å². The molecule has 0 saturated heterocycles. The summed E-state index contributed by atoms with van der Waals surface area (Å²) in [7, 11) is 0. The monoisotopic (exact) mass is 260 g/mol. The van der Waals surface area contributed by atoms with Crippen molar-refractivity contribution >= 4 is 16.7 Å². The van der Waals surface area contributed by atoms with Crippen molar-refractivity contribution in [1.29, 1.82) is 0 Å². The summed E-state index contributed by atoms with van der Waals surface area (Å²) in [5.74, 6) is 1.61. The summed E-state index contributed by atoms with van der Waals surface area (Å²) in [6, 6.07) is 10.1. The van der Waals surface area contributed by atoms with Crippen LogP contribution >= 0.6 is 11.5 Å². The molecule has 1 unspecified atom stereocenters. The number of nitrogens with one attached hydrogen (secondary N) is 1. The van der Waals surface area contributed by atoms with Crippen LogP contribution in [0.1, 0.15) is 36.2 Å². The topological polar surface area (TPSA) is 63.8 Å². The number of nitrogens with zero attached hydrogens (tertiary/aromatic N) is 2. The van der Waals surface area contributed by atoms with Gasteiger partial charge in [-0.05, 0) is 18.4 Å². The van der Waals surface area contributed by atoms with Gasteiger partial charge in [-0.25, -0.2) is 4.98 Å². The van der Waals surface area contributed by atoms with E-state index in [0.29, 0.717) is 12.5 Å². The van der Waals surface area contributed by atoms with Crippen LogP contribution in [-0.2, 0) is 0 Å². The van der Waals surface area contributed by atoms with Crippen LogP contribution < -0.4 is 11.1 Å². The molecule has 2 aromatic rings. The highest BCUT2D eigenvalue weighted by Crippen LogP contribution is 2.39. The fourth-order valence-corrected chi connectivity index (χ4v) is 2.48. The molecule has 3 rings (SSSR count). The number of aromatic nitrogens is 2. The van der Waals surface area contributed by atoms with Gasteiger partial charge in [0.25, 0.3) is 0 Å². The van der Waals surface area contributed by atoms with Gasteiger partial charge in [-0.3, -0.25) is 0 Å². The summed E-state index contributed by atoms with van der Waals surface area (Å²) in [5, 5.41) is 4.14. The largest absolute Gasteiger partial charge is 0.358 e. The standard InChI is InChI=1S/C13H16N4S/c14-11(9-4-2-1-3-5-9)8-15-13-16-12(17-18-13)10-6-7-10/h1-5,10-11H,6-8,14H2,(H,15,16,17). The van der Waals surface area contributed by atoms with Crippen molar-refractivity contribution in [2.45, 2.75) is 24.8 Å². The summed E-state index contributed by atoms with van der Waals surface area (Å²) < 4.78 is 4.36. The Balaban J connectivity index is 1.56. The van der Waals surface area contributed by atoms with Gasteiger partial charge < -0.3 is 11.1 Å². The Morgan fingerprint density at radius 1 is 1.33 bits per heavy atom. The molecular formula is C13H16N4S. The first kappa shape index (κ1) is 11.6. The predicted octanol–water partition coefficient (Wildman–Crippen LogP) is 2.53. The molecule has 1 heterocycles. The van der Waals surface area contributed by atoms with Crippen LogP contribution in [0.4, 0.5) is 5.13 Å². The lowest BCUT2D eigenvalue weighted by Gasteiger charge is -2.11. The summed E-state index contributed by atoms with van der Waals surface area (Å²) in [6.45, 7) is 0.684.